The molecule has 2 aliphatic carbocycles. The van der Waals surface area contributed by atoms with E-state index in [1.807, 2.05) is 18.2 Å². The van der Waals surface area contributed by atoms with Crippen molar-refractivity contribution in [3.63, 3.8) is 0 Å². The number of anilines is 1. The van der Waals surface area contributed by atoms with Gasteiger partial charge in [-0.3, -0.25) is 4.79 Å². The van der Waals surface area contributed by atoms with Gasteiger partial charge in [0.2, 0.25) is 5.91 Å². The van der Waals surface area contributed by atoms with Crippen molar-refractivity contribution < 1.29 is 4.79 Å². The molecule has 0 bridgehead atoms. The van der Waals surface area contributed by atoms with Gasteiger partial charge in [-0.15, -0.1) is 0 Å². The van der Waals surface area contributed by atoms with Gasteiger partial charge in [-0.1, -0.05) is 18.2 Å². The quantitative estimate of drug-likeness (QED) is 0.768. The number of hydrogen-bond donors (Lipinski definition) is 0. The van der Waals surface area contributed by atoms with Crippen molar-refractivity contribution in [2.24, 2.45) is 5.92 Å². The van der Waals surface area contributed by atoms with Crippen LogP contribution in [0.15, 0.2) is 30.3 Å². The third-order valence-electron chi connectivity index (χ3n) is 4.80. The number of nitrogens with zero attached hydrogens (tertiary/aromatic N) is 2. The van der Waals surface area contributed by atoms with Crippen LogP contribution in [0.25, 0.3) is 0 Å². The first-order chi connectivity index (χ1) is 10.2. The van der Waals surface area contributed by atoms with Crippen LogP contribution in [0.3, 0.4) is 0 Å². The Morgan fingerprint density at radius 2 is 1.86 bits per heavy atom. The zero-order valence-corrected chi connectivity index (χ0v) is 13.2. The van der Waals surface area contributed by atoms with E-state index in [9.17, 15) is 4.79 Å². The van der Waals surface area contributed by atoms with Crippen LogP contribution in [0.5, 0.6) is 0 Å². The number of carbonyl (C=O) groups excluding carboxylic acids is 1. The maximum atomic E-state index is 12.8. The van der Waals surface area contributed by atoms with Crippen LogP contribution >= 0.6 is 0 Å². The van der Waals surface area contributed by atoms with Gasteiger partial charge in [-0.05, 0) is 57.6 Å². The average molecular weight is 286 g/mol. The summed E-state index contributed by atoms with van der Waals surface area (Å²) in [5, 5.41) is 0. The van der Waals surface area contributed by atoms with Crippen molar-refractivity contribution in [1.29, 1.82) is 0 Å². The van der Waals surface area contributed by atoms with Crippen molar-refractivity contribution in [2.45, 2.75) is 51.6 Å². The molecule has 114 valence electrons. The van der Waals surface area contributed by atoms with Crippen molar-refractivity contribution in [3.05, 3.63) is 30.3 Å². The van der Waals surface area contributed by atoms with E-state index < -0.39 is 0 Å². The van der Waals surface area contributed by atoms with Crippen molar-refractivity contribution >= 4 is 11.6 Å². The number of amides is 1. The van der Waals surface area contributed by atoms with Gasteiger partial charge in [0.15, 0.2) is 0 Å². The Hall–Kier alpha value is -1.51. The molecule has 0 saturated heterocycles. The number of carbonyl (C=O) groups is 1. The lowest BCUT2D eigenvalue weighted by molar-refractivity contribution is -0.132. The lowest BCUT2D eigenvalue weighted by atomic mass is 10.1. The first kappa shape index (κ1) is 14.4. The summed E-state index contributed by atoms with van der Waals surface area (Å²) in [7, 11) is 0. The summed E-state index contributed by atoms with van der Waals surface area (Å²) in [6, 6.07) is 11.2. The Labute approximate surface area is 127 Å². The second-order valence-electron chi connectivity index (χ2n) is 6.46. The molecule has 0 aliphatic heterocycles. The number of hydrogen-bond acceptors (Lipinski definition) is 2. The molecule has 1 unspecified atom stereocenters. The summed E-state index contributed by atoms with van der Waals surface area (Å²) in [6.45, 7) is 5.74. The van der Waals surface area contributed by atoms with E-state index >= 15 is 0 Å². The van der Waals surface area contributed by atoms with Gasteiger partial charge < -0.3 is 9.80 Å². The van der Waals surface area contributed by atoms with E-state index in [0.717, 1.165) is 18.2 Å². The molecule has 2 saturated carbocycles. The monoisotopic (exact) mass is 286 g/mol. The van der Waals surface area contributed by atoms with Gasteiger partial charge >= 0.3 is 0 Å². The predicted molar refractivity (Wildman–Crippen MR) is 86.4 cm³/mol. The van der Waals surface area contributed by atoms with E-state index in [1.54, 1.807) is 0 Å². The van der Waals surface area contributed by atoms with E-state index in [-0.39, 0.29) is 0 Å². The smallest absolute Gasteiger partial charge is 0.242 e. The second-order valence-corrected chi connectivity index (χ2v) is 6.46. The first-order valence-electron chi connectivity index (χ1n) is 8.32. The third-order valence-corrected chi connectivity index (χ3v) is 4.80. The molecule has 3 rings (SSSR count). The summed E-state index contributed by atoms with van der Waals surface area (Å²) in [4.78, 5) is 17.2. The highest BCUT2D eigenvalue weighted by atomic mass is 16.2. The topological polar surface area (TPSA) is 23.6 Å². The zero-order valence-electron chi connectivity index (χ0n) is 13.2. The van der Waals surface area contributed by atoms with Crippen LogP contribution in [0.1, 0.15) is 39.5 Å². The first-order valence-corrected chi connectivity index (χ1v) is 8.32. The highest BCUT2D eigenvalue weighted by Crippen LogP contribution is 2.39. The molecular weight excluding hydrogens is 260 g/mol. The molecular formula is C18H26N2O. The van der Waals surface area contributed by atoms with E-state index in [2.05, 4.69) is 35.8 Å². The SMILES string of the molecule is CCN(CC(=O)N(C1CC1)C(C)C1CC1)c1ccccc1. The van der Waals surface area contributed by atoms with Crippen LogP contribution in [0.4, 0.5) is 5.69 Å². The summed E-state index contributed by atoms with van der Waals surface area (Å²) >= 11 is 0. The Balaban J connectivity index is 1.68. The Morgan fingerprint density at radius 1 is 1.19 bits per heavy atom. The van der Waals surface area contributed by atoms with Gasteiger partial charge in [-0.2, -0.15) is 0 Å². The minimum absolute atomic E-state index is 0.308. The van der Waals surface area contributed by atoms with Crippen LogP contribution < -0.4 is 4.90 Å². The van der Waals surface area contributed by atoms with E-state index in [1.165, 1.54) is 25.7 Å². The molecule has 2 fully saturated rings. The normalized spacial score (nSPS) is 19.1. The lowest BCUT2D eigenvalue weighted by Crippen LogP contribution is -2.46. The average Bonchev–Trinajstić information content (AvgIpc) is 3.38. The Bertz CT molecular complexity index is 479. The molecule has 0 heterocycles. The second kappa shape index (κ2) is 6.08. The highest BCUT2D eigenvalue weighted by molar-refractivity contribution is 5.82. The molecule has 1 aromatic rings. The number of rotatable bonds is 7. The maximum absolute atomic E-state index is 12.8. The van der Waals surface area contributed by atoms with Gasteiger partial charge in [0.1, 0.15) is 0 Å². The molecule has 0 aromatic heterocycles. The fourth-order valence-corrected chi connectivity index (χ4v) is 3.19. The molecule has 1 aromatic carbocycles. The molecule has 2 aliphatic rings. The Morgan fingerprint density at radius 3 is 2.38 bits per heavy atom. The standard InChI is InChI=1S/C18H26N2O/c1-3-19(16-7-5-4-6-8-16)13-18(21)20(17-11-12-17)14(2)15-9-10-15/h4-8,14-15,17H,3,9-13H2,1-2H3. The molecule has 3 nitrogen and oxygen atoms in total. The summed E-state index contributed by atoms with van der Waals surface area (Å²) in [6.07, 6.45) is 4.99. The summed E-state index contributed by atoms with van der Waals surface area (Å²) in [5.74, 6) is 1.06. The number of likely N-dealkylation sites (N-methyl/N-ethyl adjacent to an activating group) is 1. The predicted octanol–water partition coefficient (Wildman–Crippen LogP) is 3.30. The van der Waals surface area contributed by atoms with E-state index in [4.69, 9.17) is 0 Å². The van der Waals surface area contributed by atoms with Gasteiger partial charge in [0.05, 0.1) is 6.54 Å². The van der Waals surface area contributed by atoms with Crippen molar-refractivity contribution in [1.82, 2.24) is 4.90 Å². The van der Waals surface area contributed by atoms with Crippen LogP contribution in [-0.4, -0.2) is 36.0 Å². The van der Waals surface area contributed by atoms with Crippen molar-refractivity contribution in [3.8, 4) is 0 Å². The minimum Gasteiger partial charge on any atom is -0.362 e. The molecule has 0 N–H and O–H groups in total. The Kier molecular flexibility index (Phi) is 4.18. The molecule has 0 spiro atoms. The molecule has 1 amide bonds. The van der Waals surface area contributed by atoms with Crippen LogP contribution in [-0.2, 0) is 4.79 Å². The lowest BCUT2D eigenvalue weighted by Gasteiger charge is -2.32. The third kappa shape index (κ3) is 3.39. The number of benzene rings is 1. The fourth-order valence-electron chi connectivity index (χ4n) is 3.19. The van der Waals surface area contributed by atoms with Crippen LogP contribution in [0, 0.1) is 5.92 Å². The maximum Gasteiger partial charge on any atom is 0.242 e. The summed E-state index contributed by atoms with van der Waals surface area (Å²) in [5.41, 5.74) is 1.14. The highest BCUT2D eigenvalue weighted by Gasteiger charge is 2.41. The largest absolute Gasteiger partial charge is 0.362 e. The molecule has 0 radical (unpaired) electrons. The molecule has 1 atom stereocenters. The number of para-hydroxylation sites is 1. The van der Waals surface area contributed by atoms with Gasteiger partial charge in [-0.25, -0.2) is 0 Å². The van der Waals surface area contributed by atoms with Gasteiger partial charge in [0.25, 0.3) is 0 Å². The van der Waals surface area contributed by atoms with Crippen LogP contribution in [0.2, 0.25) is 0 Å². The van der Waals surface area contributed by atoms with Crippen molar-refractivity contribution in [2.75, 3.05) is 18.0 Å². The zero-order chi connectivity index (χ0) is 14.8. The summed E-state index contributed by atoms with van der Waals surface area (Å²) < 4.78 is 0. The fraction of sp³-hybridized carbons (Fsp3) is 0.611. The van der Waals surface area contributed by atoms with Gasteiger partial charge in [0, 0.05) is 24.3 Å². The molecule has 3 heteroatoms. The van der Waals surface area contributed by atoms with E-state index in [0.29, 0.717) is 24.5 Å². The minimum atomic E-state index is 0.308. The molecule has 21 heavy (non-hydrogen) atoms.